The second-order valence-corrected chi connectivity index (χ2v) is 6.86. The number of carbonyl (C=O) groups is 2. The van der Waals surface area contributed by atoms with Gasteiger partial charge in [0.15, 0.2) is 0 Å². The van der Waals surface area contributed by atoms with E-state index in [9.17, 15) is 9.59 Å². The highest BCUT2D eigenvalue weighted by molar-refractivity contribution is 5.96. The molecule has 8 heteroatoms. The van der Waals surface area contributed by atoms with Crippen molar-refractivity contribution in [3.63, 3.8) is 0 Å². The normalized spacial score (nSPS) is 21.7. The van der Waals surface area contributed by atoms with Gasteiger partial charge in [0.1, 0.15) is 5.75 Å². The van der Waals surface area contributed by atoms with E-state index < -0.39 is 0 Å². The number of ether oxygens (including phenoxy) is 1. The average Bonchev–Trinajstić information content (AvgIpc) is 2.98. The lowest BCUT2D eigenvalue weighted by molar-refractivity contribution is -0.884. The smallest absolute Gasteiger partial charge is 0.329 e. The van der Waals surface area contributed by atoms with Crippen molar-refractivity contribution in [1.82, 2.24) is 15.8 Å². The maximum absolute atomic E-state index is 12.3. The first-order valence-corrected chi connectivity index (χ1v) is 9.21. The standard InChI is InChI=1S/C18H27N5O3/c1-3-26-16-6-4-15(5-7-16)23-13-14(12-17(23)24)19-18(25)20-22-10-8-21(2)9-11-22/h4-7,14H,3,8-13H2,1-2H3,(H2,19,20,25)/p+1/t14-/m1/s1. The van der Waals surface area contributed by atoms with Crippen LogP contribution >= 0.6 is 0 Å². The summed E-state index contributed by atoms with van der Waals surface area (Å²) in [6.45, 7) is 6.71. The Kier molecular flexibility index (Phi) is 5.95. The van der Waals surface area contributed by atoms with E-state index >= 15 is 0 Å². The van der Waals surface area contributed by atoms with Crippen molar-refractivity contribution >= 4 is 17.6 Å². The minimum Gasteiger partial charge on any atom is -0.494 e. The molecule has 3 N–H and O–H groups in total. The number of nitrogens with one attached hydrogen (secondary N) is 3. The molecule has 0 unspecified atom stereocenters. The van der Waals surface area contributed by atoms with Crippen molar-refractivity contribution in [3.05, 3.63) is 24.3 Å². The Labute approximate surface area is 154 Å². The number of likely N-dealkylation sites (N-methyl/N-ethyl adjacent to an activating group) is 1. The molecule has 142 valence electrons. The SMILES string of the molecule is CCOc1ccc(N2C[C@H](NC(=O)NN3CC[NH+](C)CC3)CC2=O)cc1. The molecule has 2 fully saturated rings. The summed E-state index contributed by atoms with van der Waals surface area (Å²) < 4.78 is 5.43. The van der Waals surface area contributed by atoms with Crippen LogP contribution in [0, 0.1) is 0 Å². The van der Waals surface area contributed by atoms with Crippen molar-refractivity contribution in [3.8, 4) is 5.75 Å². The summed E-state index contributed by atoms with van der Waals surface area (Å²) in [4.78, 5) is 27.7. The number of hydrazine groups is 1. The van der Waals surface area contributed by atoms with Crippen molar-refractivity contribution in [2.24, 2.45) is 0 Å². The predicted octanol–water partition coefficient (Wildman–Crippen LogP) is -0.765. The third-order valence-electron chi connectivity index (χ3n) is 4.80. The maximum atomic E-state index is 12.3. The summed E-state index contributed by atoms with van der Waals surface area (Å²) >= 11 is 0. The molecule has 2 saturated heterocycles. The number of urea groups is 1. The van der Waals surface area contributed by atoms with Crippen LogP contribution in [0.25, 0.3) is 0 Å². The van der Waals surface area contributed by atoms with Gasteiger partial charge in [-0.3, -0.25) is 10.2 Å². The molecule has 3 amide bonds. The lowest BCUT2D eigenvalue weighted by Crippen LogP contribution is -3.12. The summed E-state index contributed by atoms with van der Waals surface area (Å²) in [6.07, 6.45) is 0.313. The maximum Gasteiger partial charge on any atom is 0.329 e. The zero-order valence-electron chi connectivity index (χ0n) is 15.5. The number of rotatable bonds is 5. The van der Waals surface area contributed by atoms with Gasteiger partial charge in [0, 0.05) is 18.7 Å². The second kappa shape index (κ2) is 8.37. The van der Waals surface area contributed by atoms with Gasteiger partial charge >= 0.3 is 6.03 Å². The number of quaternary nitrogens is 1. The number of hydrogen-bond acceptors (Lipinski definition) is 4. The lowest BCUT2D eigenvalue weighted by atomic mass is 10.2. The number of piperazine rings is 1. The molecule has 2 aliphatic heterocycles. The van der Waals surface area contributed by atoms with E-state index in [-0.39, 0.29) is 18.0 Å². The fraction of sp³-hybridized carbons (Fsp3) is 0.556. The van der Waals surface area contributed by atoms with Crippen LogP contribution in [-0.2, 0) is 4.79 Å². The lowest BCUT2D eigenvalue weighted by Gasteiger charge is -2.30. The van der Waals surface area contributed by atoms with Crippen LogP contribution in [0.4, 0.5) is 10.5 Å². The molecule has 0 spiro atoms. The van der Waals surface area contributed by atoms with E-state index in [1.54, 1.807) is 4.90 Å². The Hall–Kier alpha value is -2.32. The van der Waals surface area contributed by atoms with Crippen LogP contribution in [0.2, 0.25) is 0 Å². The molecule has 1 atom stereocenters. The fourth-order valence-electron chi connectivity index (χ4n) is 3.30. The highest BCUT2D eigenvalue weighted by Gasteiger charge is 2.32. The highest BCUT2D eigenvalue weighted by Crippen LogP contribution is 2.24. The summed E-state index contributed by atoms with van der Waals surface area (Å²) in [5.74, 6) is 0.800. The monoisotopic (exact) mass is 362 g/mol. The average molecular weight is 362 g/mol. The van der Waals surface area contributed by atoms with Crippen molar-refractivity contribution in [1.29, 1.82) is 0 Å². The summed E-state index contributed by atoms with van der Waals surface area (Å²) in [5.41, 5.74) is 3.71. The molecule has 3 rings (SSSR count). The topological polar surface area (TPSA) is 78.3 Å². The zero-order chi connectivity index (χ0) is 18.5. The van der Waals surface area contributed by atoms with Crippen molar-refractivity contribution in [2.75, 3.05) is 51.3 Å². The van der Waals surface area contributed by atoms with Crippen molar-refractivity contribution in [2.45, 2.75) is 19.4 Å². The van der Waals surface area contributed by atoms with E-state index in [4.69, 9.17) is 4.74 Å². The van der Waals surface area contributed by atoms with E-state index in [0.717, 1.165) is 37.6 Å². The Morgan fingerprint density at radius 1 is 1.27 bits per heavy atom. The van der Waals surface area contributed by atoms with Crippen molar-refractivity contribution < 1.29 is 19.2 Å². The first-order valence-electron chi connectivity index (χ1n) is 9.21. The summed E-state index contributed by atoms with van der Waals surface area (Å²) in [7, 11) is 2.15. The molecule has 2 heterocycles. The molecule has 26 heavy (non-hydrogen) atoms. The quantitative estimate of drug-likeness (QED) is 0.643. The summed E-state index contributed by atoms with van der Waals surface area (Å²) in [5, 5.41) is 4.85. The minimum absolute atomic E-state index is 0.0163. The predicted molar refractivity (Wildman–Crippen MR) is 98.2 cm³/mol. The van der Waals surface area contributed by atoms with Crippen LogP contribution in [0.3, 0.4) is 0 Å². The summed E-state index contributed by atoms with van der Waals surface area (Å²) in [6, 6.07) is 7.03. The fourth-order valence-corrected chi connectivity index (χ4v) is 3.30. The Bertz CT molecular complexity index is 628. The van der Waals surface area contributed by atoms with Crippen LogP contribution in [0.15, 0.2) is 24.3 Å². The number of hydrogen-bond donors (Lipinski definition) is 3. The third kappa shape index (κ3) is 4.64. The van der Waals surface area contributed by atoms with E-state index in [1.807, 2.05) is 36.2 Å². The van der Waals surface area contributed by atoms with Gasteiger partial charge in [-0.2, -0.15) is 0 Å². The van der Waals surface area contributed by atoms with E-state index in [2.05, 4.69) is 17.8 Å². The molecule has 0 radical (unpaired) electrons. The van der Waals surface area contributed by atoms with Gasteiger partial charge in [0.05, 0.1) is 45.9 Å². The first-order chi connectivity index (χ1) is 12.5. The molecule has 8 nitrogen and oxygen atoms in total. The molecule has 0 saturated carbocycles. The Morgan fingerprint density at radius 2 is 1.96 bits per heavy atom. The largest absolute Gasteiger partial charge is 0.494 e. The van der Waals surface area contributed by atoms with Gasteiger partial charge in [-0.25, -0.2) is 9.80 Å². The number of anilines is 1. The first kappa shape index (κ1) is 18.5. The Balaban J connectivity index is 1.50. The minimum atomic E-state index is -0.240. The number of amides is 3. The van der Waals surface area contributed by atoms with Crippen LogP contribution in [-0.4, -0.2) is 69.4 Å². The van der Waals surface area contributed by atoms with Crippen LogP contribution in [0.5, 0.6) is 5.75 Å². The van der Waals surface area contributed by atoms with Gasteiger partial charge in [-0.1, -0.05) is 0 Å². The molecule has 1 aromatic carbocycles. The second-order valence-electron chi connectivity index (χ2n) is 6.86. The number of carbonyl (C=O) groups excluding carboxylic acids is 2. The highest BCUT2D eigenvalue weighted by atomic mass is 16.5. The molecular formula is C18H28N5O3+. The van der Waals surface area contributed by atoms with Gasteiger partial charge in [0.2, 0.25) is 5.91 Å². The number of benzene rings is 1. The Morgan fingerprint density at radius 3 is 2.62 bits per heavy atom. The zero-order valence-corrected chi connectivity index (χ0v) is 15.5. The van der Waals surface area contributed by atoms with Crippen LogP contribution in [0.1, 0.15) is 13.3 Å². The van der Waals surface area contributed by atoms with Gasteiger partial charge in [-0.05, 0) is 31.2 Å². The number of nitrogens with zero attached hydrogens (tertiary/aromatic N) is 2. The molecule has 1 aromatic rings. The van der Waals surface area contributed by atoms with Gasteiger partial charge < -0.3 is 19.9 Å². The van der Waals surface area contributed by atoms with E-state index in [0.29, 0.717) is 19.6 Å². The van der Waals surface area contributed by atoms with Gasteiger partial charge in [-0.15, -0.1) is 0 Å². The van der Waals surface area contributed by atoms with Gasteiger partial charge in [0.25, 0.3) is 0 Å². The third-order valence-corrected chi connectivity index (χ3v) is 4.80. The molecule has 2 aliphatic rings. The molecular weight excluding hydrogens is 334 g/mol. The van der Waals surface area contributed by atoms with Crippen LogP contribution < -0.4 is 25.3 Å². The van der Waals surface area contributed by atoms with E-state index in [1.165, 1.54) is 4.90 Å². The molecule has 0 aromatic heterocycles. The molecule has 0 bridgehead atoms. The molecule has 0 aliphatic carbocycles.